The fourth-order valence-electron chi connectivity index (χ4n) is 2.85. The number of ketones is 1. The average Bonchev–Trinajstić information content (AvgIpc) is 2.69. The normalized spacial score (nSPS) is 21.6. The molecule has 0 saturated carbocycles. The number of carbonyl (C=O) groups excluding carboxylic acids is 1. The van der Waals surface area contributed by atoms with Gasteiger partial charge in [-0.2, -0.15) is 5.26 Å². The molecule has 0 bridgehead atoms. The number of nitriles is 1. The fraction of sp³-hybridized carbons (Fsp3) is 0.500. The Morgan fingerprint density at radius 1 is 1.60 bits per heavy atom. The van der Waals surface area contributed by atoms with E-state index < -0.39 is 11.4 Å². The van der Waals surface area contributed by atoms with Gasteiger partial charge in [0.2, 0.25) is 0 Å². The van der Waals surface area contributed by atoms with E-state index in [1.54, 1.807) is 0 Å². The minimum absolute atomic E-state index is 0.0365. The van der Waals surface area contributed by atoms with Gasteiger partial charge in [0.05, 0.1) is 16.5 Å². The molecule has 0 radical (unpaired) electrons. The van der Waals surface area contributed by atoms with Gasteiger partial charge in [0.1, 0.15) is 10.4 Å². The number of aromatic carboxylic acids is 1. The number of hydrogen-bond acceptors (Lipinski definition) is 5. The lowest BCUT2D eigenvalue weighted by Crippen LogP contribution is -2.35. The largest absolute Gasteiger partial charge is 0.478 e. The van der Waals surface area contributed by atoms with E-state index in [2.05, 4.69) is 6.07 Å². The molecule has 1 aliphatic rings. The van der Waals surface area contributed by atoms with Crippen LogP contribution in [0.5, 0.6) is 0 Å². The van der Waals surface area contributed by atoms with E-state index in [0.29, 0.717) is 29.7 Å². The van der Waals surface area contributed by atoms with Crippen LogP contribution in [0.15, 0.2) is 0 Å². The molecule has 106 valence electrons. The zero-order valence-corrected chi connectivity index (χ0v) is 12.2. The van der Waals surface area contributed by atoms with Crippen LogP contribution in [-0.2, 0) is 6.42 Å². The van der Waals surface area contributed by atoms with Crippen LogP contribution in [0, 0.1) is 22.7 Å². The van der Waals surface area contributed by atoms with Gasteiger partial charge in [-0.1, -0.05) is 13.8 Å². The maximum Gasteiger partial charge on any atom is 0.338 e. The Labute approximate surface area is 121 Å². The lowest BCUT2D eigenvalue weighted by atomic mass is 9.69. The molecule has 2 rings (SSSR count). The number of nitrogens with zero attached hydrogens (tertiary/aromatic N) is 1. The molecule has 0 aromatic carbocycles. The number of rotatable bonds is 3. The molecule has 1 aliphatic carbocycles. The third-order valence-electron chi connectivity index (χ3n) is 3.66. The van der Waals surface area contributed by atoms with E-state index in [4.69, 9.17) is 5.73 Å². The number of anilines is 1. The van der Waals surface area contributed by atoms with Crippen LogP contribution in [-0.4, -0.2) is 16.9 Å². The molecular formula is C14H16N2O3S. The van der Waals surface area contributed by atoms with Crippen molar-refractivity contribution in [1.82, 2.24) is 0 Å². The van der Waals surface area contributed by atoms with Crippen molar-refractivity contribution in [1.29, 1.82) is 5.26 Å². The van der Waals surface area contributed by atoms with Gasteiger partial charge in [0, 0.05) is 0 Å². The molecule has 0 spiro atoms. The van der Waals surface area contributed by atoms with Crippen LogP contribution >= 0.6 is 11.3 Å². The number of nitrogens with two attached hydrogens (primary N) is 1. The minimum atomic E-state index is -1.11. The summed E-state index contributed by atoms with van der Waals surface area (Å²) in [6, 6.07) is 2.17. The molecular weight excluding hydrogens is 276 g/mol. The third-order valence-corrected chi connectivity index (χ3v) is 4.72. The highest BCUT2D eigenvalue weighted by Crippen LogP contribution is 2.45. The molecule has 3 N–H and O–H groups in total. The van der Waals surface area contributed by atoms with Crippen molar-refractivity contribution >= 4 is 28.1 Å². The first-order valence-corrected chi connectivity index (χ1v) is 7.24. The van der Waals surface area contributed by atoms with E-state index in [1.165, 1.54) is 0 Å². The summed E-state index contributed by atoms with van der Waals surface area (Å²) in [6.45, 7) is 3.93. The molecule has 1 heterocycles. The summed E-state index contributed by atoms with van der Waals surface area (Å²) in [7, 11) is 0. The van der Waals surface area contributed by atoms with Gasteiger partial charge in [-0.15, -0.1) is 11.3 Å². The van der Waals surface area contributed by atoms with Gasteiger partial charge in [-0.3, -0.25) is 4.79 Å². The number of carboxylic acid groups (broad SMARTS) is 1. The molecule has 0 saturated heterocycles. The number of Topliss-reactive ketones (excluding diaryl/α,β-unsaturated/α-hetero) is 1. The molecule has 5 nitrogen and oxygen atoms in total. The van der Waals surface area contributed by atoms with E-state index >= 15 is 0 Å². The molecule has 1 aromatic heterocycles. The summed E-state index contributed by atoms with van der Waals surface area (Å²) in [5.41, 5.74) is 5.22. The van der Waals surface area contributed by atoms with Gasteiger partial charge in [-0.05, 0) is 30.7 Å². The van der Waals surface area contributed by atoms with Gasteiger partial charge in [-0.25, -0.2) is 4.79 Å². The molecule has 1 unspecified atom stereocenters. The number of hydrogen-bond donors (Lipinski definition) is 2. The zero-order chi connectivity index (χ0) is 15.1. The maximum absolute atomic E-state index is 12.6. The Kier molecular flexibility index (Phi) is 3.57. The van der Waals surface area contributed by atoms with Crippen molar-refractivity contribution < 1.29 is 14.7 Å². The summed E-state index contributed by atoms with van der Waals surface area (Å²) in [6.07, 6.45) is 1.27. The number of carboxylic acids is 1. The van der Waals surface area contributed by atoms with E-state index in [1.807, 2.05) is 13.8 Å². The number of nitrogen functional groups attached to an aromatic ring is 1. The molecule has 1 atom stereocenters. The SMILES string of the molecule is CC(C)CC1(C#N)CCc2c(sc(N)c2C(=O)O)C1=O. The van der Waals surface area contributed by atoms with E-state index in [0.717, 1.165) is 11.3 Å². The van der Waals surface area contributed by atoms with Crippen molar-refractivity contribution in [2.24, 2.45) is 11.3 Å². The third kappa shape index (κ3) is 2.08. The first kappa shape index (κ1) is 14.5. The van der Waals surface area contributed by atoms with Crippen molar-refractivity contribution in [2.75, 3.05) is 5.73 Å². The fourth-order valence-corrected chi connectivity index (χ4v) is 4.00. The number of carbonyl (C=O) groups is 2. The van der Waals surface area contributed by atoms with Crippen LogP contribution < -0.4 is 5.73 Å². The Morgan fingerprint density at radius 3 is 2.75 bits per heavy atom. The van der Waals surface area contributed by atoms with Gasteiger partial charge in [0.15, 0.2) is 5.78 Å². The van der Waals surface area contributed by atoms with Crippen LogP contribution in [0.3, 0.4) is 0 Å². The number of thiophene rings is 1. The molecule has 0 aliphatic heterocycles. The Balaban J connectivity index is 2.53. The quantitative estimate of drug-likeness (QED) is 0.891. The van der Waals surface area contributed by atoms with Crippen LogP contribution in [0.4, 0.5) is 5.00 Å². The first-order valence-electron chi connectivity index (χ1n) is 6.43. The maximum atomic E-state index is 12.6. The van der Waals surface area contributed by atoms with E-state index in [-0.39, 0.29) is 22.3 Å². The summed E-state index contributed by atoms with van der Waals surface area (Å²) in [4.78, 5) is 24.2. The average molecular weight is 292 g/mol. The van der Waals surface area contributed by atoms with Crippen LogP contribution in [0.2, 0.25) is 0 Å². The van der Waals surface area contributed by atoms with Gasteiger partial charge < -0.3 is 10.8 Å². The highest BCUT2D eigenvalue weighted by Gasteiger charge is 2.46. The van der Waals surface area contributed by atoms with Crippen molar-refractivity contribution in [3.05, 3.63) is 16.0 Å². The Bertz CT molecular complexity index is 627. The smallest absolute Gasteiger partial charge is 0.338 e. The molecule has 0 amide bonds. The topological polar surface area (TPSA) is 104 Å². The van der Waals surface area contributed by atoms with Crippen molar-refractivity contribution in [3.63, 3.8) is 0 Å². The molecule has 6 heteroatoms. The summed E-state index contributed by atoms with van der Waals surface area (Å²) < 4.78 is 0. The standard InChI is InChI=1S/C14H16N2O3S/c1-7(2)5-14(6-15)4-3-8-9(13(18)19)12(16)20-10(8)11(14)17/h7H,3-5,16H2,1-2H3,(H,18,19). The van der Waals surface area contributed by atoms with Crippen LogP contribution in [0.1, 0.15) is 52.3 Å². The molecule has 20 heavy (non-hydrogen) atoms. The molecule has 0 fully saturated rings. The van der Waals surface area contributed by atoms with Crippen molar-refractivity contribution in [2.45, 2.75) is 33.1 Å². The highest BCUT2D eigenvalue weighted by molar-refractivity contribution is 7.18. The first-order chi connectivity index (χ1) is 9.32. The minimum Gasteiger partial charge on any atom is -0.478 e. The van der Waals surface area contributed by atoms with E-state index in [9.17, 15) is 20.0 Å². The van der Waals surface area contributed by atoms with Gasteiger partial charge >= 0.3 is 5.97 Å². The zero-order valence-electron chi connectivity index (χ0n) is 11.4. The second-order valence-corrected chi connectivity index (χ2v) is 6.63. The monoisotopic (exact) mass is 292 g/mol. The lowest BCUT2D eigenvalue weighted by molar-refractivity contribution is 0.0696. The number of fused-ring (bicyclic) bond motifs is 1. The second kappa shape index (κ2) is 4.91. The predicted octanol–water partition coefficient (Wildman–Crippen LogP) is 2.71. The Morgan fingerprint density at radius 2 is 2.25 bits per heavy atom. The van der Waals surface area contributed by atoms with Gasteiger partial charge in [0.25, 0.3) is 0 Å². The summed E-state index contributed by atoms with van der Waals surface area (Å²) in [5, 5.41) is 18.8. The second-order valence-electron chi connectivity index (χ2n) is 5.58. The molecule has 1 aromatic rings. The lowest BCUT2D eigenvalue weighted by Gasteiger charge is -2.30. The van der Waals surface area contributed by atoms with Crippen LogP contribution in [0.25, 0.3) is 0 Å². The summed E-state index contributed by atoms with van der Waals surface area (Å²) >= 11 is 0.994. The summed E-state index contributed by atoms with van der Waals surface area (Å²) in [5.74, 6) is -1.16. The predicted molar refractivity (Wildman–Crippen MR) is 75.8 cm³/mol. The highest BCUT2D eigenvalue weighted by atomic mass is 32.1. The van der Waals surface area contributed by atoms with Crippen molar-refractivity contribution in [3.8, 4) is 6.07 Å². The Hall–Kier alpha value is -1.87.